The number of halogens is 4. The summed E-state index contributed by atoms with van der Waals surface area (Å²) in [6.07, 6.45) is 8.61. The van der Waals surface area contributed by atoms with Crippen LogP contribution in [0.4, 0.5) is 24.9 Å². The number of rotatable bonds is 5. The van der Waals surface area contributed by atoms with Crippen LogP contribution >= 0.6 is 11.6 Å². The van der Waals surface area contributed by atoms with Gasteiger partial charge in [-0.05, 0) is 18.6 Å². The summed E-state index contributed by atoms with van der Waals surface area (Å²) in [7, 11) is 1.50. The lowest BCUT2D eigenvalue weighted by molar-refractivity contribution is -0.167. The molecule has 30 heavy (non-hydrogen) atoms. The van der Waals surface area contributed by atoms with Crippen LogP contribution in [-0.4, -0.2) is 29.2 Å². The van der Waals surface area contributed by atoms with Crippen LogP contribution in [0.3, 0.4) is 0 Å². The Balaban J connectivity index is 1.89. The first-order chi connectivity index (χ1) is 14.3. The van der Waals surface area contributed by atoms with E-state index in [0.29, 0.717) is 35.0 Å². The molecule has 1 aromatic heterocycles. The predicted molar refractivity (Wildman–Crippen MR) is 108 cm³/mol. The number of carbonyl (C=O) groups excluding carboxylic acids is 1. The van der Waals surface area contributed by atoms with E-state index in [1.165, 1.54) is 7.11 Å². The summed E-state index contributed by atoms with van der Waals surface area (Å²) < 4.78 is 43.2. The van der Waals surface area contributed by atoms with Crippen molar-refractivity contribution in [3.8, 4) is 0 Å². The molecule has 2 aliphatic rings. The normalized spacial score (nSPS) is 18.7. The zero-order valence-corrected chi connectivity index (χ0v) is 16.6. The first kappa shape index (κ1) is 21.6. The van der Waals surface area contributed by atoms with Crippen LogP contribution in [0.2, 0.25) is 0 Å². The highest BCUT2D eigenvalue weighted by molar-refractivity contribution is 6.30. The number of nitrogens with one attached hydrogen (secondary N) is 2. The van der Waals surface area contributed by atoms with Gasteiger partial charge in [0.15, 0.2) is 0 Å². The predicted octanol–water partition coefficient (Wildman–Crippen LogP) is 4.93. The van der Waals surface area contributed by atoms with Gasteiger partial charge >= 0.3 is 12.1 Å². The quantitative estimate of drug-likeness (QED) is 0.681. The first-order valence-electron chi connectivity index (χ1n) is 8.94. The average Bonchev–Trinajstić information content (AvgIpc) is 2.89. The Labute approximate surface area is 175 Å². The number of hydrogen-bond acceptors (Lipinski definition) is 5. The van der Waals surface area contributed by atoms with Crippen molar-refractivity contribution >= 4 is 29.3 Å². The number of nitrogens with zero attached hydrogens (tertiary/aromatic N) is 2. The van der Waals surface area contributed by atoms with E-state index >= 15 is 0 Å². The van der Waals surface area contributed by atoms with E-state index in [9.17, 15) is 18.0 Å². The number of ether oxygens (including phenoxy) is 1. The van der Waals surface area contributed by atoms with Gasteiger partial charge < -0.3 is 10.1 Å². The maximum atomic E-state index is 12.7. The van der Waals surface area contributed by atoms with E-state index < -0.39 is 18.0 Å². The highest BCUT2D eigenvalue weighted by atomic mass is 35.5. The summed E-state index contributed by atoms with van der Waals surface area (Å²) in [5.41, 5.74) is 1.08. The summed E-state index contributed by atoms with van der Waals surface area (Å²) in [5, 5.41) is 5.25. The topological polar surface area (TPSA) is 76.1 Å². The van der Waals surface area contributed by atoms with Crippen molar-refractivity contribution in [1.82, 2.24) is 9.97 Å². The van der Waals surface area contributed by atoms with Gasteiger partial charge in [-0.25, -0.2) is 4.98 Å². The number of alkyl halides is 3. The molecule has 3 rings (SSSR count). The standard InChI is InChI=1S/C20H18ClF3N4O2/c1-30-16-10-8-13(7-9-14(16)21)25-17-11-15(12-5-3-2-4-6-12)26-19(27-17)28-18(29)20(22,23)24/h2-5,7-8,10-12H,6,9H2,1H3,(H2,25,26,27,28,29). The van der Waals surface area contributed by atoms with Crippen LogP contribution in [-0.2, 0) is 9.53 Å². The van der Waals surface area contributed by atoms with Crippen molar-refractivity contribution in [2.75, 3.05) is 17.7 Å². The van der Waals surface area contributed by atoms with Crippen molar-refractivity contribution in [3.05, 3.63) is 70.8 Å². The third kappa shape index (κ3) is 5.50. The Morgan fingerprint density at radius 1 is 1.27 bits per heavy atom. The van der Waals surface area contributed by atoms with Gasteiger partial charge in [-0.15, -0.1) is 0 Å². The van der Waals surface area contributed by atoms with Gasteiger partial charge in [0.25, 0.3) is 0 Å². The van der Waals surface area contributed by atoms with Crippen LogP contribution in [0.25, 0.3) is 0 Å². The smallest absolute Gasteiger partial charge is 0.471 e. The lowest BCUT2D eigenvalue weighted by atomic mass is 9.97. The van der Waals surface area contributed by atoms with Crippen LogP contribution < -0.4 is 10.6 Å². The fraction of sp³-hybridized carbons (Fsp3) is 0.250. The van der Waals surface area contributed by atoms with Crippen LogP contribution in [0.5, 0.6) is 0 Å². The summed E-state index contributed by atoms with van der Waals surface area (Å²) in [4.78, 5) is 19.5. The molecule has 6 nitrogen and oxygen atoms in total. The molecular weight excluding hydrogens is 421 g/mol. The number of anilines is 2. The molecule has 1 amide bonds. The Bertz CT molecular complexity index is 981. The van der Waals surface area contributed by atoms with Gasteiger partial charge in [0.1, 0.15) is 11.6 Å². The van der Waals surface area contributed by atoms with Gasteiger partial charge in [0.05, 0.1) is 17.8 Å². The van der Waals surface area contributed by atoms with Crippen molar-refractivity contribution in [3.63, 3.8) is 0 Å². The third-order valence-electron chi connectivity index (χ3n) is 4.26. The largest absolute Gasteiger partial charge is 0.496 e. The van der Waals surface area contributed by atoms with E-state index in [1.54, 1.807) is 29.6 Å². The molecular formula is C20H18ClF3N4O2. The number of amides is 1. The number of hydrogen-bond donors (Lipinski definition) is 2. The zero-order valence-electron chi connectivity index (χ0n) is 15.8. The Hall–Kier alpha value is -3.07. The number of carbonyl (C=O) groups is 1. The molecule has 1 unspecified atom stereocenters. The van der Waals surface area contributed by atoms with Gasteiger partial charge in [0, 0.05) is 24.1 Å². The molecule has 158 valence electrons. The lowest BCUT2D eigenvalue weighted by Gasteiger charge is -2.16. The van der Waals surface area contributed by atoms with Gasteiger partial charge in [-0.2, -0.15) is 18.2 Å². The molecule has 0 saturated heterocycles. The number of allylic oxidation sites excluding steroid dienone is 8. The molecule has 1 heterocycles. The summed E-state index contributed by atoms with van der Waals surface area (Å²) in [5.74, 6) is -2.00. The second kappa shape index (κ2) is 9.17. The number of methoxy groups -OCH3 is 1. The molecule has 0 aromatic carbocycles. The molecule has 1 aromatic rings. The molecule has 0 bridgehead atoms. The summed E-state index contributed by atoms with van der Waals surface area (Å²) in [6, 6.07) is 1.63. The van der Waals surface area contributed by atoms with Gasteiger partial charge in [-0.1, -0.05) is 42.0 Å². The minimum absolute atomic E-state index is 0.157. The van der Waals surface area contributed by atoms with E-state index in [4.69, 9.17) is 16.3 Å². The Morgan fingerprint density at radius 3 is 2.73 bits per heavy atom. The molecule has 0 saturated carbocycles. The summed E-state index contributed by atoms with van der Waals surface area (Å²) in [6.45, 7) is 0. The van der Waals surface area contributed by atoms with Crippen LogP contribution in [0.15, 0.2) is 65.1 Å². The maximum absolute atomic E-state index is 12.7. The van der Waals surface area contributed by atoms with E-state index in [-0.39, 0.29) is 11.7 Å². The second-order valence-corrected chi connectivity index (χ2v) is 6.86. The monoisotopic (exact) mass is 438 g/mol. The molecule has 0 radical (unpaired) electrons. The fourth-order valence-electron chi connectivity index (χ4n) is 2.79. The lowest BCUT2D eigenvalue weighted by Crippen LogP contribution is -2.31. The van der Waals surface area contributed by atoms with Crippen LogP contribution in [0, 0.1) is 0 Å². The average molecular weight is 439 g/mol. The number of aromatic nitrogens is 2. The minimum Gasteiger partial charge on any atom is -0.496 e. The Kier molecular flexibility index (Phi) is 6.61. The van der Waals surface area contributed by atoms with Gasteiger partial charge in [0.2, 0.25) is 5.95 Å². The maximum Gasteiger partial charge on any atom is 0.471 e. The Morgan fingerprint density at radius 2 is 2.07 bits per heavy atom. The molecule has 0 fully saturated rings. The highest BCUT2D eigenvalue weighted by Crippen LogP contribution is 2.28. The molecule has 0 aliphatic heterocycles. The summed E-state index contributed by atoms with van der Waals surface area (Å²) >= 11 is 6.14. The first-order valence-corrected chi connectivity index (χ1v) is 9.32. The highest BCUT2D eigenvalue weighted by Gasteiger charge is 2.39. The van der Waals surface area contributed by atoms with Crippen molar-refractivity contribution in [2.45, 2.75) is 24.9 Å². The van der Waals surface area contributed by atoms with E-state index in [0.717, 1.165) is 0 Å². The zero-order chi connectivity index (χ0) is 21.7. The van der Waals surface area contributed by atoms with Gasteiger partial charge in [-0.3, -0.25) is 10.1 Å². The molecule has 2 N–H and O–H groups in total. The van der Waals surface area contributed by atoms with Crippen molar-refractivity contribution < 1.29 is 22.7 Å². The second-order valence-electron chi connectivity index (χ2n) is 6.40. The van der Waals surface area contributed by atoms with Crippen molar-refractivity contribution in [2.24, 2.45) is 0 Å². The fourth-order valence-corrected chi connectivity index (χ4v) is 3.01. The molecule has 1 atom stereocenters. The van der Waals surface area contributed by atoms with Crippen LogP contribution in [0.1, 0.15) is 24.5 Å². The molecule has 0 spiro atoms. The molecule has 10 heteroatoms. The third-order valence-corrected chi connectivity index (χ3v) is 4.60. The molecule has 2 aliphatic carbocycles. The van der Waals surface area contributed by atoms with Crippen molar-refractivity contribution in [1.29, 1.82) is 0 Å². The SMILES string of the molecule is COC1=C(Cl)CC=C(Nc2cc(C3C=CC=CC3)nc(NC(=O)C(F)(F)F)n2)C=C1. The minimum atomic E-state index is -5.05. The van der Waals surface area contributed by atoms with E-state index in [1.807, 2.05) is 24.3 Å². The van der Waals surface area contributed by atoms with E-state index in [2.05, 4.69) is 15.3 Å².